The van der Waals surface area contributed by atoms with Crippen LogP contribution < -0.4 is 5.32 Å². The highest BCUT2D eigenvalue weighted by molar-refractivity contribution is 5.21. The summed E-state index contributed by atoms with van der Waals surface area (Å²) in [6.07, 6.45) is 7.29. The van der Waals surface area contributed by atoms with Gasteiger partial charge in [-0.3, -0.25) is 0 Å². The highest BCUT2D eigenvalue weighted by Crippen LogP contribution is 2.19. The molecule has 2 unspecified atom stereocenters. The predicted molar refractivity (Wildman–Crippen MR) is 60.1 cm³/mol. The molecule has 1 heterocycles. The van der Waals surface area contributed by atoms with Gasteiger partial charge in [0.1, 0.15) is 0 Å². The maximum absolute atomic E-state index is 9.47. The van der Waals surface area contributed by atoms with Crippen molar-refractivity contribution >= 4 is 0 Å². The first-order valence-electron chi connectivity index (χ1n) is 5.09. The van der Waals surface area contributed by atoms with Crippen molar-refractivity contribution in [3.8, 4) is 0 Å². The first-order chi connectivity index (χ1) is 6.76. The fourth-order valence-corrected chi connectivity index (χ4v) is 1.87. The van der Waals surface area contributed by atoms with Crippen molar-refractivity contribution in [2.24, 2.45) is 5.92 Å². The Bertz CT molecular complexity index is 232. The zero-order valence-electron chi connectivity index (χ0n) is 8.58. The molecule has 1 aliphatic heterocycles. The van der Waals surface area contributed by atoms with Gasteiger partial charge in [-0.1, -0.05) is 31.4 Å². The molecule has 78 valence electrons. The summed E-state index contributed by atoms with van der Waals surface area (Å²) < 4.78 is 0. The lowest BCUT2D eigenvalue weighted by atomic mass is 9.91. The summed E-state index contributed by atoms with van der Waals surface area (Å²) in [4.78, 5) is 0. The fraction of sp³-hybridized carbons (Fsp3) is 0.500. The quantitative estimate of drug-likeness (QED) is 0.665. The lowest BCUT2D eigenvalue weighted by Gasteiger charge is -2.27. The van der Waals surface area contributed by atoms with Gasteiger partial charge in [0.2, 0.25) is 0 Å². The van der Waals surface area contributed by atoms with Gasteiger partial charge in [-0.2, -0.15) is 0 Å². The van der Waals surface area contributed by atoms with Crippen LogP contribution in [0.5, 0.6) is 0 Å². The summed E-state index contributed by atoms with van der Waals surface area (Å²) in [5, 5.41) is 12.7. The number of allylic oxidation sites excluding steroid dienone is 4. The fourth-order valence-electron chi connectivity index (χ4n) is 1.87. The van der Waals surface area contributed by atoms with Crippen molar-refractivity contribution in [3.63, 3.8) is 0 Å². The Labute approximate surface area is 86.0 Å². The van der Waals surface area contributed by atoms with E-state index in [4.69, 9.17) is 0 Å². The van der Waals surface area contributed by atoms with Crippen LogP contribution in [0.1, 0.15) is 12.8 Å². The molecule has 0 aromatic rings. The van der Waals surface area contributed by atoms with Gasteiger partial charge in [0.25, 0.3) is 0 Å². The van der Waals surface area contributed by atoms with Crippen LogP contribution in [0.15, 0.2) is 37.0 Å². The molecule has 0 aromatic heterocycles. The minimum Gasteiger partial charge on any atom is -0.392 e. The van der Waals surface area contributed by atoms with E-state index < -0.39 is 0 Å². The van der Waals surface area contributed by atoms with Gasteiger partial charge in [-0.05, 0) is 30.9 Å². The molecule has 0 spiro atoms. The SMILES string of the molecule is C=C/C=C(\C=C)CC1CNCC(O)C1. The molecule has 1 aliphatic rings. The van der Waals surface area contributed by atoms with Gasteiger partial charge >= 0.3 is 0 Å². The van der Waals surface area contributed by atoms with Gasteiger partial charge in [-0.15, -0.1) is 0 Å². The van der Waals surface area contributed by atoms with Crippen molar-refractivity contribution < 1.29 is 5.11 Å². The van der Waals surface area contributed by atoms with Crippen molar-refractivity contribution in [1.29, 1.82) is 0 Å². The van der Waals surface area contributed by atoms with Crippen LogP contribution in [0.2, 0.25) is 0 Å². The summed E-state index contributed by atoms with van der Waals surface area (Å²) in [6.45, 7) is 9.15. The molecule has 14 heavy (non-hydrogen) atoms. The van der Waals surface area contributed by atoms with Gasteiger partial charge < -0.3 is 10.4 Å². The maximum Gasteiger partial charge on any atom is 0.0667 e. The van der Waals surface area contributed by atoms with Crippen LogP contribution in [0.4, 0.5) is 0 Å². The molecule has 0 bridgehead atoms. The topological polar surface area (TPSA) is 32.3 Å². The monoisotopic (exact) mass is 193 g/mol. The van der Waals surface area contributed by atoms with Crippen molar-refractivity contribution in [3.05, 3.63) is 37.0 Å². The molecule has 1 fully saturated rings. The minimum absolute atomic E-state index is 0.191. The number of hydrogen-bond acceptors (Lipinski definition) is 2. The summed E-state index contributed by atoms with van der Waals surface area (Å²) >= 11 is 0. The van der Waals surface area contributed by atoms with Crippen LogP contribution in [-0.4, -0.2) is 24.3 Å². The standard InChI is InChI=1S/C12H19NO/c1-3-5-10(4-2)6-11-7-12(14)9-13-8-11/h3-5,11-14H,1-2,6-9H2/b10-5+. The van der Waals surface area contributed by atoms with Crippen LogP contribution in [0, 0.1) is 5.92 Å². The molecule has 2 N–H and O–H groups in total. The summed E-state index contributed by atoms with van der Waals surface area (Å²) in [5.74, 6) is 0.517. The van der Waals surface area contributed by atoms with Crippen LogP contribution in [0.3, 0.4) is 0 Å². The van der Waals surface area contributed by atoms with Gasteiger partial charge in [0, 0.05) is 6.54 Å². The summed E-state index contributed by atoms with van der Waals surface area (Å²) in [7, 11) is 0. The Kier molecular flexibility index (Phi) is 4.63. The average molecular weight is 193 g/mol. The molecular formula is C12H19NO. The largest absolute Gasteiger partial charge is 0.392 e. The summed E-state index contributed by atoms with van der Waals surface area (Å²) in [6, 6.07) is 0. The first kappa shape index (κ1) is 11.2. The van der Waals surface area contributed by atoms with Gasteiger partial charge in [0.05, 0.1) is 6.10 Å². The van der Waals surface area contributed by atoms with E-state index in [1.54, 1.807) is 6.08 Å². The Morgan fingerprint density at radius 3 is 2.79 bits per heavy atom. The molecule has 1 rings (SSSR count). The number of nitrogens with one attached hydrogen (secondary N) is 1. The second-order valence-electron chi connectivity index (χ2n) is 3.80. The molecular weight excluding hydrogens is 174 g/mol. The highest BCUT2D eigenvalue weighted by atomic mass is 16.3. The lowest BCUT2D eigenvalue weighted by Crippen LogP contribution is -2.39. The van der Waals surface area contributed by atoms with Crippen molar-refractivity contribution in [2.45, 2.75) is 18.9 Å². The molecule has 1 saturated heterocycles. The molecule has 0 radical (unpaired) electrons. The third-order valence-electron chi connectivity index (χ3n) is 2.54. The number of piperidine rings is 1. The van der Waals surface area contributed by atoms with E-state index in [9.17, 15) is 5.11 Å². The smallest absolute Gasteiger partial charge is 0.0667 e. The number of rotatable bonds is 4. The molecule has 2 heteroatoms. The number of β-amino-alcohol motifs (C(OH)–C–C–N with tert-alkyl or cyclic N) is 1. The normalized spacial score (nSPS) is 28.5. The van der Waals surface area contributed by atoms with E-state index in [1.807, 2.05) is 12.2 Å². The van der Waals surface area contributed by atoms with Crippen LogP contribution >= 0.6 is 0 Å². The van der Waals surface area contributed by atoms with E-state index in [-0.39, 0.29) is 6.10 Å². The van der Waals surface area contributed by atoms with E-state index in [0.717, 1.165) is 25.9 Å². The van der Waals surface area contributed by atoms with E-state index in [2.05, 4.69) is 18.5 Å². The molecule has 0 aliphatic carbocycles. The number of aliphatic hydroxyl groups is 1. The van der Waals surface area contributed by atoms with Gasteiger partial charge in [0.15, 0.2) is 0 Å². The molecule has 2 atom stereocenters. The minimum atomic E-state index is -0.191. The number of hydrogen-bond donors (Lipinski definition) is 2. The third-order valence-corrected chi connectivity index (χ3v) is 2.54. The highest BCUT2D eigenvalue weighted by Gasteiger charge is 2.19. The zero-order chi connectivity index (χ0) is 10.4. The first-order valence-corrected chi connectivity index (χ1v) is 5.09. The average Bonchev–Trinajstić information content (AvgIpc) is 2.17. The van der Waals surface area contributed by atoms with Gasteiger partial charge in [-0.25, -0.2) is 0 Å². The molecule has 0 aromatic carbocycles. The Balaban J connectivity index is 2.45. The van der Waals surface area contributed by atoms with Crippen LogP contribution in [0.25, 0.3) is 0 Å². The van der Waals surface area contributed by atoms with E-state index in [1.165, 1.54) is 5.57 Å². The zero-order valence-corrected chi connectivity index (χ0v) is 8.58. The second kappa shape index (κ2) is 5.78. The Morgan fingerprint density at radius 2 is 2.21 bits per heavy atom. The van der Waals surface area contributed by atoms with Crippen molar-refractivity contribution in [2.75, 3.05) is 13.1 Å². The Hall–Kier alpha value is -0.860. The molecule has 0 amide bonds. The lowest BCUT2D eigenvalue weighted by molar-refractivity contribution is 0.114. The third kappa shape index (κ3) is 3.48. The maximum atomic E-state index is 9.47. The van der Waals surface area contributed by atoms with Crippen LogP contribution in [-0.2, 0) is 0 Å². The number of aliphatic hydroxyl groups excluding tert-OH is 1. The second-order valence-corrected chi connectivity index (χ2v) is 3.80. The van der Waals surface area contributed by atoms with E-state index >= 15 is 0 Å². The molecule has 0 saturated carbocycles. The van der Waals surface area contributed by atoms with Crippen molar-refractivity contribution in [1.82, 2.24) is 5.32 Å². The predicted octanol–water partition coefficient (Wildman–Crippen LogP) is 1.65. The summed E-state index contributed by atoms with van der Waals surface area (Å²) in [5.41, 5.74) is 1.20. The van der Waals surface area contributed by atoms with E-state index in [0.29, 0.717) is 5.92 Å². The Morgan fingerprint density at radius 1 is 1.43 bits per heavy atom. The molecule has 2 nitrogen and oxygen atoms in total.